The zero-order valence-corrected chi connectivity index (χ0v) is 17.4. The van der Waals surface area contributed by atoms with Crippen molar-refractivity contribution in [3.05, 3.63) is 59.2 Å². The minimum absolute atomic E-state index is 0.0449. The van der Waals surface area contributed by atoms with Crippen molar-refractivity contribution in [2.75, 3.05) is 19.5 Å². The van der Waals surface area contributed by atoms with E-state index in [-0.39, 0.29) is 29.7 Å². The van der Waals surface area contributed by atoms with E-state index >= 15 is 0 Å². The van der Waals surface area contributed by atoms with Crippen LogP contribution in [0.1, 0.15) is 28.4 Å². The van der Waals surface area contributed by atoms with Crippen LogP contribution in [0, 0.1) is 0 Å². The van der Waals surface area contributed by atoms with Gasteiger partial charge < -0.3 is 14.8 Å². The fraction of sp³-hybridized carbons (Fsp3) is 0.333. The number of alkyl halides is 3. The number of amides is 1. The first-order valence-electron chi connectivity index (χ1n) is 8.98. The van der Waals surface area contributed by atoms with E-state index in [0.717, 1.165) is 11.1 Å². The number of benzene rings is 2. The average molecular weight is 441 g/mol. The summed E-state index contributed by atoms with van der Waals surface area (Å²) in [7, 11) is 1.54. The molecule has 9 heteroatoms. The van der Waals surface area contributed by atoms with Crippen LogP contribution in [-0.2, 0) is 17.1 Å². The minimum atomic E-state index is -4.39. The SMILES string of the molecule is COc1ccc(C(C)=O)cc1CSCC(=O)NCc1ccc(OCC(F)(F)F)cc1. The Morgan fingerprint density at radius 3 is 2.40 bits per heavy atom. The lowest BCUT2D eigenvalue weighted by atomic mass is 10.1. The highest BCUT2D eigenvalue weighted by atomic mass is 32.2. The Hall–Kier alpha value is -2.68. The average Bonchev–Trinajstić information content (AvgIpc) is 2.70. The molecule has 162 valence electrons. The monoisotopic (exact) mass is 441 g/mol. The standard InChI is InChI=1S/C21H22F3NO4S/c1-14(26)16-5-8-19(28-2)17(9-16)11-30-12-20(27)25-10-15-3-6-18(7-4-15)29-13-21(22,23)24/h3-9H,10-13H2,1-2H3,(H,25,27). The highest BCUT2D eigenvalue weighted by Gasteiger charge is 2.28. The molecule has 0 saturated carbocycles. The van der Waals surface area contributed by atoms with Gasteiger partial charge in [0.2, 0.25) is 5.91 Å². The van der Waals surface area contributed by atoms with Crippen molar-refractivity contribution in [3.63, 3.8) is 0 Å². The van der Waals surface area contributed by atoms with Gasteiger partial charge in [0.05, 0.1) is 12.9 Å². The van der Waals surface area contributed by atoms with Gasteiger partial charge in [0.15, 0.2) is 12.4 Å². The quantitative estimate of drug-likeness (QED) is 0.554. The lowest BCUT2D eigenvalue weighted by molar-refractivity contribution is -0.153. The highest BCUT2D eigenvalue weighted by molar-refractivity contribution is 7.99. The number of thioether (sulfide) groups is 1. The van der Waals surface area contributed by atoms with Crippen LogP contribution in [0.3, 0.4) is 0 Å². The van der Waals surface area contributed by atoms with Crippen molar-refractivity contribution in [1.82, 2.24) is 5.32 Å². The van der Waals surface area contributed by atoms with Crippen molar-refractivity contribution < 1.29 is 32.2 Å². The van der Waals surface area contributed by atoms with Gasteiger partial charge >= 0.3 is 6.18 Å². The second-order valence-electron chi connectivity index (χ2n) is 6.40. The number of halogens is 3. The molecule has 0 heterocycles. The fourth-order valence-corrected chi connectivity index (χ4v) is 3.32. The molecule has 0 bridgehead atoms. The first-order valence-corrected chi connectivity index (χ1v) is 10.1. The third kappa shape index (κ3) is 7.98. The Kier molecular flexibility index (Phi) is 8.58. The topological polar surface area (TPSA) is 64.6 Å². The van der Waals surface area contributed by atoms with Gasteiger partial charge in [-0.15, -0.1) is 11.8 Å². The van der Waals surface area contributed by atoms with Crippen molar-refractivity contribution in [2.24, 2.45) is 0 Å². The number of ether oxygens (including phenoxy) is 2. The zero-order chi connectivity index (χ0) is 22.1. The molecule has 0 aliphatic heterocycles. The maximum atomic E-state index is 12.1. The van der Waals surface area contributed by atoms with Crippen LogP contribution in [0.15, 0.2) is 42.5 Å². The van der Waals surface area contributed by atoms with Crippen LogP contribution < -0.4 is 14.8 Å². The molecule has 0 fully saturated rings. The third-order valence-corrected chi connectivity index (χ3v) is 4.97. The Bertz CT molecular complexity index is 870. The second kappa shape index (κ2) is 10.9. The molecule has 1 amide bonds. The summed E-state index contributed by atoms with van der Waals surface area (Å²) in [4.78, 5) is 23.6. The summed E-state index contributed by atoms with van der Waals surface area (Å²) < 4.78 is 46.4. The summed E-state index contributed by atoms with van der Waals surface area (Å²) in [6, 6.07) is 11.2. The van der Waals surface area contributed by atoms with Gasteiger partial charge in [-0.1, -0.05) is 12.1 Å². The van der Waals surface area contributed by atoms with Crippen molar-refractivity contribution in [3.8, 4) is 11.5 Å². The smallest absolute Gasteiger partial charge is 0.422 e. The van der Waals surface area contributed by atoms with Crippen LogP contribution in [0.25, 0.3) is 0 Å². The predicted octanol–water partition coefficient (Wildman–Crippen LogP) is 4.39. The summed E-state index contributed by atoms with van der Waals surface area (Å²) in [5, 5.41) is 2.75. The summed E-state index contributed by atoms with van der Waals surface area (Å²) >= 11 is 1.38. The third-order valence-electron chi connectivity index (χ3n) is 3.99. The predicted molar refractivity (Wildman–Crippen MR) is 109 cm³/mol. The first-order chi connectivity index (χ1) is 14.2. The van der Waals surface area contributed by atoms with Gasteiger partial charge in [-0.25, -0.2) is 0 Å². The van der Waals surface area contributed by atoms with E-state index in [1.807, 2.05) is 0 Å². The maximum Gasteiger partial charge on any atom is 0.422 e. The molecule has 0 radical (unpaired) electrons. The molecule has 2 rings (SSSR count). The second-order valence-corrected chi connectivity index (χ2v) is 7.39. The molecule has 30 heavy (non-hydrogen) atoms. The van der Waals surface area contributed by atoms with E-state index in [0.29, 0.717) is 17.1 Å². The van der Waals surface area contributed by atoms with E-state index in [2.05, 4.69) is 10.1 Å². The molecule has 1 N–H and O–H groups in total. The van der Waals surface area contributed by atoms with Gasteiger partial charge in [-0.2, -0.15) is 13.2 Å². The lowest BCUT2D eigenvalue weighted by Gasteiger charge is -2.11. The van der Waals surface area contributed by atoms with Crippen molar-refractivity contribution in [1.29, 1.82) is 0 Å². The summed E-state index contributed by atoms with van der Waals surface area (Å²) in [5.41, 5.74) is 2.15. The molecule has 0 unspecified atom stereocenters. The summed E-state index contributed by atoms with van der Waals surface area (Å²) in [6.07, 6.45) is -4.39. The number of carbonyl (C=O) groups is 2. The number of hydrogen-bond acceptors (Lipinski definition) is 5. The Morgan fingerprint density at radius 1 is 1.10 bits per heavy atom. The lowest BCUT2D eigenvalue weighted by Crippen LogP contribution is -2.24. The van der Waals surface area contributed by atoms with E-state index in [4.69, 9.17) is 4.74 Å². The Morgan fingerprint density at radius 2 is 1.80 bits per heavy atom. The van der Waals surface area contributed by atoms with Crippen LogP contribution in [0.2, 0.25) is 0 Å². The molecule has 0 saturated heterocycles. The van der Waals surface area contributed by atoms with E-state index < -0.39 is 12.8 Å². The van der Waals surface area contributed by atoms with E-state index in [9.17, 15) is 22.8 Å². The van der Waals surface area contributed by atoms with Crippen LogP contribution in [0.4, 0.5) is 13.2 Å². The molecule has 0 aromatic heterocycles. The molecule has 0 atom stereocenters. The van der Waals surface area contributed by atoms with Gasteiger partial charge in [0.1, 0.15) is 11.5 Å². The molecule has 0 aliphatic carbocycles. The van der Waals surface area contributed by atoms with Gasteiger partial charge in [-0.3, -0.25) is 9.59 Å². The maximum absolute atomic E-state index is 12.1. The van der Waals surface area contributed by atoms with Crippen molar-refractivity contribution in [2.45, 2.75) is 25.4 Å². The molecule has 0 spiro atoms. The van der Waals surface area contributed by atoms with Crippen LogP contribution in [0.5, 0.6) is 11.5 Å². The highest BCUT2D eigenvalue weighted by Crippen LogP contribution is 2.25. The number of hydrogen-bond donors (Lipinski definition) is 1. The minimum Gasteiger partial charge on any atom is -0.496 e. The number of nitrogens with one attached hydrogen (secondary N) is 1. The van der Waals surface area contributed by atoms with E-state index in [1.165, 1.54) is 30.8 Å². The molecule has 0 aliphatic rings. The number of carbonyl (C=O) groups excluding carboxylic acids is 2. The molecule has 2 aromatic rings. The Balaban J connectivity index is 1.78. The summed E-state index contributed by atoms with van der Waals surface area (Å²) in [6.45, 7) is 0.393. The van der Waals surface area contributed by atoms with Gasteiger partial charge in [-0.05, 0) is 42.8 Å². The number of Topliss-reactive ketones (excluding diaryl/α,β-unsaturated/α-hetero) is 1. The molecular formula is C21H22F3NO4S. The van der Waals surface area contributed by atoms with Gasteiger partial charge in [0, 0.05) is 23.4 Å². The summed E-state index contributed by atoms with van der Waals surface area (Å²) in [5.74, 6) is 1.25. The Labute approximate surface area is 176 Å². The van der Waals surface area contributed by atoms with Gasteiger partial charge in [0.25, 0.3) is 0 Å². The van der Waals surface area contributed by atoms with Crippen LogP contribution in [-0.4, -0.2) is 37.3 Å². The van der Waals surface area contributed by atoms with Crippen molar-refractivity contribution >= 4 is 23.5 Å². The molecule has 5 nitrogen and oxygen atoms in total. The van der Waals surface area contributed by atoms with E-state index in [1.54, 1.807) is 37.4 Å². The van der Waals surface area contributed by atoms with Crippen LogP contribution >= 0.6 is 11.8 Å². The number of rotatable bonds is 10. The normalized spacial score (nSPS) is 11.1. The fourth-order valence-electron chi connectivity index (χ4n) is 2.48. The molecular weight excluding hydrogens is 419 g/mol. The largest absolute Gasteiger partial charge is 0.496 e. The first kappa shape index (κ1) is 23.6. The number of ketones is 1. The number of methoxy groups -OCH3 is 1. The molecule has 2 aromatic carbocycles. The zero-order valence-electron chi connectivity index (χ0n) is 16.5.